The fourth-order valence-corrected chi connectivity index (χ4v) is 4.08. The quantitative estimate of drug-likeness (QED) is 0.870. The Kier molecular flexibility index (Phi) is 5.03. The van der Waals surface area contributed by atoms with Crippen LogP contribution in [0, 0.1) is 5.92 Å². The first kappa shape index (κ1) is 17.9. The highest BCUT2D eigenvalue weighted by Gasteiger charge is 2.35. The lowest BCUT2D eigenvalue weighted by Gasteiger charge is -2.20. The summed E-state index contributed by atoms with van der Waals surface area (Å²) >= 11 is 6.42. The molecule has 2 heterocycles. The topological polar surface area (TPSA) is 52.7 Å². The van der Waals surface area contributed by atoms with E-state index >= 15 is 0 Å². The van der Waals surface area contributed by atoms with Gasteiger partial charge in [0.25, 0.3) is 0 Å². The molecule has 2 aromatic rings. The molecule has 2 aromatic carbocycles. The second-order valence-corrected chi connectivity index (χ2v) is 7.50. The molecular weight excluding hydrogens is 362 g/mol. The van der Waals surface area contributed by atoms with Gasteiger partial charge in [-0.05, 0) is 43.2 Å². The summed E-state index contributed by atoms with van der Waals surface area (Å²) < 4.78 is 0. The monoisotopic (exact) mass is 383 g/mol. The molecule has 2 amide bonds. The third-order valence-corrected chi connectivity index (χ3v) is 5.53. The summed E-state index contributed by atoms with van der Waals surface area (Å²) in [5.74, 6) is -0.537. The Morgan fingerprint density at radius 3 is 2.52 bits per heavy atom. The summed E-state index contributed by atoms with van der Waals surface area (Å²) in [6.07, 6.45) is 2.59. The molecule has 0 aromatic heterocycles. The van der Waals surface area contributed by atoms with E-state index < -0.39 is 0 Å². The summed E-state index contributed by atoms with van der Waals surface area (Å²) in [4.78, 5) is 28.9. The van der Waals surface area contributed by atoms with Gasteiger partial charge in [-0.2, -0.15) is 0 Å². The van der Waals surface area contributed by atoms with Crippen LogP contribution < -0.4 is 15.1 Å². The number of carbonyl (C=O) groups is 2. The Morgan fingerprint density at radius 1 is 1.07 bits per heavy atom. The van der Waals surface area contributed by atoms with Crippen molar-refractivity contribution in [1.82, 2.24) is 0 Å². The zero-order valence-electron chi connectivity index (χ0n) is 15.0. The lowest BCUT2D eigenvalue weighted by atomic mass is 10.1. The van der Waals surface area contributed by atoms with Crippen molar-refractivity contribution in [1.29, 1.82) is 0 Å². The number of para-hydroxylation sites is 1. The van der Waals surface area contributed by atoms with E-state index in [1.54, 1.807) is 11.0 Å². The van der Waals surface area contributed by atoms with Crippen LogP contribution in [0.15, 0.2) is 48.5 Å². The fraction of sp³-hybridized carbons (Fsp3) is 0.333. The van der Waals surface area contributed by atoms with Gasteiger partial charge < -0.3 is 15.1 Å². The Hall–Kier alpha value is -2.53. The number of anilines is 3. The minimum Gasteiger partial charge on any atom is -0.370 e. The maximum absolute atomic E-state index is 12.6. The Balaban J connectivity index is 1.42. The smallest absolute Gasteiger partial charge is 0.229 e. The number of amides is 2. The van der Waals surface area contributed by atoms with Crippen molar-refractivity contribution in [3.05, 3.63) is 53.6 Å². The highest BCUT2D eigenvalue weighted by molar-refractivity contribution is 6.33. The van der Waals surface area contributed by atoms with Gasteiger partial charge in [0, 0.05) is 37.4 Å². The van der Waals surface area contributed by atoms with E-state index in [0.717, 1.165) is 24.5 Å². The molecule has 0 aliphatic carbocycles. The van der Waals surface area contributed by atoms with Gasteiger partial charge in [0.1, 0.15) is 0 Å². The van der Waals surface area contributed by atoms with Crippen molar-refractivity contribution in [3.8, 4) is 0 Å². The van der Waals surface area contributed by atoms with Crippen LogP contribution in [-0.2, 0) is 9.59 Å². The van der Waals surface area contributed by atoms with Crippen LogP contribution in [0.4, 0.5) is 17.1 Å². The van der Waals surface area contributed by atoms with E-state index in [4.69, 9.17) is 11.6 Å². The van der Waals surface area contributed by atoms with Crippen LogP contribution >= 0.6 is 11.6 Å². The molecule has 27 heavy (non-hydrogen) atoms. The van der Waals surface area contributed by atoms with E-state index in [-0.39, 0.29) is 24.2 Å². The molecule has 2 fully saturated rings. The molecule has 2 aliphatic rings. The average Bonchev–Trinajstić information content (AvgIpc) is 3.32. The SMILES string of the molecule is O=C(Nc1ccc(N2CCCC2)c(Cl)c1)C1CC(=O)N(c2ccccc2)C1. The zero-order chi connectivity index (χ0) is 18.8. The van der Waals surface area contributed by atoms with Crippen molar-refractivity contribution >= 4 is 40.5 Å². The normalized spacial score (nSPS) is 19.6. The first-order valence-electron chi connectivity index (χ1n) is 9.32. The minimum absolute atomic E-state index is 0.0243. The van der Waals surface area contributed by atoms with E-state index in [1.807, 2.05) is 42.5 Å². The maximum atomic E-state index is 12.6. The number of hydrogen-bond donors (Lipinski definition) is 1. The second-order valence-electron chi connectivity index (χ2n) is 7.09. The Bertz CT molecular complexity index is 850. The molecular formula is C21H22ClN3O2. The standard InChI is InChI=1S/C21H22ClN3O2/c22-18-13-16(8-9-19(18)24-10-4-5-11-24)23-21(27)15-12-20(26)25(14-15)17-6-2-1-3-7-17/h1-3,6-9,13,15H,4-5,10-12,14H2,(H,23,27). The van der Waals surface area contributed by atoms with Crippen molar-refractivity contribution in [2.75, 3.05) is 34.8 Å². The van der Waals surface area contributed by atoms with E-state index in [1.165, 1.54) is 12.8 Å². The number of hydrogen-bond acceptors (Lipinski definition) is 3. The molecule has 2 aliphatic heterocycles. The molecule has 1 atom stereocenters. The average molecular weight is 384 g/mol. The van der Waals surface area contributed by atoms with Crippen molar-refractivity contribution < 1.29 is 9.59 Å². The van der Waals surface area contributed by atoms with Crippen LogP contribution in [0.5, 0.6) is 0 Å². The van der Waals surface area contributed by atoms with Gasteiger partial charge in [0.15, 0.2) is 0 Å². The van der Waals surface area contributed by atoms with Crippen molar-refractivity contribution in [3.63, 3.8) is 0 Å². The summed E-state index contributed by atoms with van der Waals surface area (Å²) in [6, 6.07) is 15.1. The van der Waals surface area contributed by atoms with Gasteiger partial charge in [-0.1, -0.05) is 29.8 Å². The van der Waals surface area contributed by atoms with Crippen LogP contribution in [-0.4, -0.2) is 31.4 Å². The number of nitrogens with one attached hydrogen (secondary N) is 1. The van der Waals surface area contributed by atoms with Gasteiger partial charge >= 0.3 is 0 Å². The van der Waals surface area contributed by atoms with E-state index in [9.17, 15) is 9.59 Å². The molecule has 2 saturated heterocycles. The summed E-state index contributed by atoms with van der Waals surface area (Å²) in [6.45, 7) is 2.43. The Morgan fingerprint density at radius 2 is 1.81 bits per heavy atom. The van der Waals surface area contributed by atoms with Gasteiger partial charge in [0.05, 0.1) is 16.6 Å². The van der Waals surface area contributed by atoms with Crippen LogP contribution in [0.25, 0.3) is 0 Å². The first-order chi connectivity index (χ1) is 13.1. The van der Waals surface area contributed by atoms with E-state index in [2.05, 4.69) is 10.2 Å². The molecule has 0 radical (unpaired) electrons. The Labute approximate surface area is 163 Å². The highest BCUT2D eigenvalue weighted by atomic mass is 35.5. The van der Waals surface area contributed by atoms with Crippen molar-refractivity contribution in [2.24, 2.45) is 5.92 Å². The van der Waals surface area contributed by atoms with Gasteiger partial charge in [-0.25, -0.2) is 0 Å². The molecule has 0 saturated carbocycles. The van der Waals surface area contributed by atoms with Crippen LogP contribution in [0.1, 0.15) is 19.3 Å². The molecule has 5 nitrogen and oxygen atoms in total. The molecule has 1 unspecified atom stereocenters. The molecule has 140 valence electrons. The molecule has 1 N–H and O–H groups in total. The number of rotatable bonds is 4. The predicted octanol–water partition coefficient (Wildman–Crippen LogP) is 3.93. The number of benzene rings is 2. The minimum atomic E-state index is -0.366. The van der Waals surface area contributed by atoms with Gasteiger partial charge in [-0.3, -0.25) is 9.59 Å². The largest absolute Gasteiger partial charge is 0.370 e. The zero-order valence-corrected chi connectivity index (χ0v) is 15.8. The fourth-order valence-electron chi connectivity index (χ4n) is 3.78. The summed E-state index contributed by atoms with van der Waals surface area (Å²) in [5, 5.41) is 3.56. The number of carbonyl (C=O) groups excluding carboxylic acids is 2. The van der Waals surface area contributed by atoms with Gasteiger partial charge in [-0.15, -0.1) is 0 Å². The lowest BCUT2D eigenvalue weighted by Crippen LogP contribution is -2.28. The highest BCUT2D eigenvalue weighted by Crippen LogP contribution is 2.32. The lowest BCUT2D eigenvalue weighted by molar-refractivity contribution is -0.122. The molecule has 0 spiro atoms. The van der Waals surface area contributed by atoms with Crippen LogP contribution in [0.2, 0.25) is 5.02 Å². The third kappa shape index (κ3) is 3.78. The number of halogens is 1. The second kappa shape index (κ2) is 7.61. The van der Waals surface area contributed by atoms with Crippen molar-refractivity contribution in [2.45, 2.75) is 19.3 Å². The molecule has 6 heteroatoms. The molecule has 4 rings (SSSR count). The third-order valence-electron chi connectivity index (χ3n) is 5.23. The van der Waals surface area contributed by atoms with Crippen LogP contribution in [0.3, 0.4) is 0 Å². The van der Waals surface area contributed by atoms with Gasteiger partial charge in [0.2, 0.25) is 11.8 Å². The van der Waals surface area contributed by atoms with E-state index in [0.29, 0.717) is 17.3 Å². The first-order valence-corrected chi connectivity index (χ1v) is 9.70. The summed E-state index contributed by atoms with van der Waals surface area (Å²) in [7, 11) is 0. The predicted molar refractivity (Wildman–Crippen MR) is 108 cm³/mol. The summed E-state index contributed by atoms with van der Waals surface area (Å²) in [5.41, 5.74) is 2.51. The number of nitrogens with zero attached hydrogens (tertiary/aromatic N) is 2. The molecule has 0 bridgehead atoms. The maximum Gasteiger partial charge on any atom is 0.229 e.